The second-order valence-electron chi connectivity index (χ2n) is 4.56. The van der Waals surface area contributed by atoms with Crippen LogP contribution in [-0.4, -0.2) is 21.1 Å². The van der Waals surface area contributed by atoms with Gasteiger partial charge in [-0.1, -0.05) is 17.8 Å². The number of amides is 1. The quantitative estimate of drug-likeness (QED) is 0.668. The molecular weight excluding hydrogens is 310 g/mol. The molecule has 8 heteroatoms. The number of hydrogen-bond donors (Lipinski definition) is 2. The summed E-state index contributed by atoms with van der Waals surface area (Å²) in [7, 11) is 0. The lowest BCUT2D eigenvalue weighted by atomic mass is 10.3. The second kappa shape index (κ2) is 6.69. The molecule has 0 radical (unpaired) electrons. The molecule has 1 aromatic heterocycles. The van der Waals surface area contributed by atoms with Gasteiger partial charge in [0, 0.05) is 11.8 Å². The van der Waals surface area contributed by atoms with Gasteiger partial charge in [0.05, 0.1) is 5.25 Å². The van der Waals surface area contributed by atoms with Crippen molar-refractivity contribution in [2.24, 2.45) is 0 Å². The number of carbonyl (C=O) groups excluding carboxylic acids is 1. The first-order chi connectivity index (χ1) is 10.4. The van der Waals surface area contributed by atoms with E-state index in [4.69, 9.17) is 5.73 Å². The Balaban J connectivity index is 2.09. The molecule has 1 heterocycles. The summed E-state index contributed by atoms with van der Waals surface area (Å²) in [6, 6.07) is 4.97. The zero-order valence-electron chi connectivity index (χ0n) is 11.9. The van der Waals surface area contributed by atoms with Crippen molar-refractivity contribution in [3.63, 3.8) is 0 Å². The van der Waals surface area contributed by atoms with E-state index in [-0.39, 0.29) is 0 Å². The van der Waals surface area contributed by atoms with Gasteiger partial charge in [0.15, 0.2) is 5.16 Å². The molecular formula is C14H14F2N4OS. The lowest BCUT2D eigenvalue weighted by Gasteiger charge is -2.12. The molecule has 1 aromatic carbocycles. The number of hydrogen-bond acceptors (Lipinski definition) is 5. The van der Waals surface area contributed by atoms with Crippen LogP contribution in [0, 0.1) is 18.6 Å². The van der Waals surface area contributed by atoms with Crippen molar-refractivity contribution in [1.29, 1.82) is 0 Å². The van der Waals surface area contributed by atoms with Crippen molar-refractivity contribution < 1.29 is 13.6 Å². The highest BCUT2D eigenvalue weighted by molar-refractivity contribution is 8.00. The van der Waals surface area contributed by atoms with Crippen molar-refractivity contribution in [3.8, 4) is 0 Å². The highest BCUT2D eigenvalue weighted by Crippen LogP contribution is 2.24. The Morgan fingerprint density at radius 1 is 1.32 bits per heavy atom. The highest BCUT2D eigenvalue weighted by Gasteiger charge is 2.19. The Morgan fingerprint density at radius 2 is 1.95 bits per heavy atom. The van der Waals surface area contributed by atoms with Gasteiger partial charge >= 0.3 is 0 Å². The Morgan fingerprint density at radius 3 is 2.55 bits per heavy atom. The number of rotatable bonds is 4. The molecule has 0 saturated carbocycles. The van der Waals surface area contributed by atoms with Crippen LogP contribution in [0.15, 0.2) is 29.4 Å². The fourth-order valence-electron chi connectivity index (χ4n) is 1.67. The Kier molecular flexibility index (Phi) is 4.92. The third kappa shape index (κ3) is 3.91. The maximum absolute atomic E-state index is 13.5. The summed E-state index contributed by atoms with van der Waals surface area (Å²) in [6.07, 6.45) is 0. The lowest BCUT2D eigenvalue weighted by molar-refractivity contribution is -0.115. The lowest BCUT2D eigenvalue weighted by Crippen LogP contribution is -2.24. The summed E-state index contributed by atoms with van der Waals surface area (Å²) in [5.74, 6) is -1.93. The molecule has 3 N–H and O–H groups in total. The zero-order valence-corrected chi connectivity index (χ0v) is 12.7. The van der Waals surface area contributed by atoms with Crippen LogP contribution < -0.4 is 11.1 Å². The van der Waals surface area contributed by atoms with Gasteiger partial charge in [-0.05, 0) is 26.0 Å². The van der Waals surface area contributed by atoms with Crippen molar-refractivity contribution in [2.75, 3.05) is 11.1 Å². The number of halogens is 2. The summed E-state index contributed by atoms with van der Waals surface area (Å²) in [4.78, 5) is 20.2. The first kappa shape index (κ1) is 16.2. The van der Waals surface area contributed by atoms with E-state index in [1.807, 2.05) is 0 Å². The molecule has 5 nitrogen and oxygen atoms in total. The van der Waals surface area contributed by atoms with Crippen LogP contribution in [0.25, 0.3) is 0 Å². The van der Waals surface area contributed by atoms with Crippen LogP contribution in [-0.2, 0) is 4.79 Å². The average molecular weight is 324 g/mol. The predicted molar refractivity (Wildman–Crippen MR) is 81.5 cm³/mol. The maximum Gasteiger partial charge on any atom is 0.237 e. The molecule has 0 saturated heterocycles. The number of nitrogens with two attached hydrogens (primary N) is 1. The first-order valence-electron chi connectivity index (χ1n) is 6.39. The average Bonchev–Trinajstić information content (AvgIpc) is 2.41. The maximum atomic E-state index is 13.5. The third-order valence-electron chi connectivity index (χ3n) is 2.72. The van der Waals surface area contributed by atoms with Gasteiger partial charge in [0.2, 0.25) is 5.91 Å². The normalized spacial score (nSPS) is 12.0. The van der Waals surface area contributed by atoms with Crippen LogP contribution in [0.1, 0.15) is 12.6 Å². The number of para-hydroxylation sites is 1. The van der Waals surface area contributed by atoms with Gasteiger partial charge < -0.3 is 11.1 Å². The van der Waals surface area contributed by atoms with E-state index < -0.39 is 28.5 Å². The standard InChI is InChI=1S/C14H14F2N4OS/c1-7-6-11(17)19-14(18-7)22-8(2)13(21)20-12-9(15)4-3-5-10(12)16/h3-6,8H,1-2H3,(H,20,21)(H2,17,18,19)/t8-/m0/s1. The molecule has 1 atom stereocenters. The first-order valence-corrected chi connectivity index (χ1v) is 7.27. The van der Waals surface area contributed by atoms with E-state index >= 15 is 0 Å². The number of nitrogen functional groups attached to an aromatic ring is 1. The minimum Gasteiger partial charge on any atom is -0.384 e. The molecule has 0 unspecified atom stereocenters. The Bertz CT molecular complexity index is 671. The molecule has 0 aliphatic rings. The van der Waals surface area contributed by atoms with Crippen LogP contribution >= 0.6 is 11.8 Å². The molecule has 0 spiro atoms. The van der Waals surface area contributed by atoms with Gasteiger partial charge in [-0.3, -0.25) is 4.79 Å². The van der Waals surface area contributed by atoms with Crippen molar-refractivity contribution >= 4 is 29.2 Å². The molecule has 0 bridgehead atoms. The van der Waals surface area contributed by atoms with Crippen molar-refractivity contribution in [1.82, 2.24) is 9.97 Å². The Hall–Kier alpha value is -2.22. The van der Waals surface area contributed by atoms with Crippen LogP contribution in [0.5, 0.6) is 0 Å². The van der Waals surface area contributed by atoms with Crippen LogP contribution in [0.3, 0.4) is 0 Å². The van der Waals surface area contributed by atoms with Crippen molar-refractivity contribution in [3.05, 3.63) is 41.6 Å². The summed E-state index contributed by atoms with van der Waals surface area (Å²) in [5, 5.41) is 1.91. The van der Waals surface area contributed by atoms with E-state index in [1.165, 1.54) is 6.07 Å². The molecule has 0 fully saturated rings. The number of aryl methyl sites for hydroxylation is 1. The molecule has 2 aromatic rings. The smallest absolute Gasteiger partial charge is 0.237 e. The number of anilines is 2. The van der Waals surface area contributed by atoms with E-state index in [0.717, 1.165) is 23.9 Å². The molecule has 116 valence electrons. The van der Waals surface area contributed by atoms with E-state index in [2.05, 4.69) is 15.3 Å². The largest absolute Gasteiger partial charge is 0.384 e. The third-order valence-corrected chi connectivity index (χ3v) is 3.68. The van der Waals surface area contributed by atoms with Gasteiger partial charge in [0.1, 0.15) is 23.1 Å². The van der Waals surface area contributed by atoms with Crippen LogP contribution in [0.4, 0.5) is 20.3 Å². The van der Waals surface area contributed by atoms with E-state index in [0.29, 0.717) is 16.7 Å². The van der Waals surface area contributed by atoms with E-state index in [1.54, 1.807) is 19.9 Å². The fraction of sp³-hybridized carbons (Fsp3) is 0.214. The van der Waals surface area contributed by atoms with Gasteiger partial charge in [0.25, 0.3) is 0 Å². The summed E-state index contributed by atoms with van der Waals surface area (Å²) >= 11 is 1.05. The highest BCUT2D eigenvalue weighted by atomic mass is 32.2. The van der Waals surface area contributed by atoms with Gasteiger partial charge in [-0.25, -0.2) is 18.7 Å². The monoisotopic (exact) mass is 324 g/mol. The number of benzene rings is 1. The summed E-state index contributed by atoms with van der Waals surface area (Å²) in [5.41, 5.74) is 5.81. The van der Waals surface area contributed by atoms with Crippen LogP contribution in [0.2, 0.25) is 0 Å². The molecule has 1 amide bonds. The van der Waals surface area contributed by atoms with E-state index in [9.17, 15) is 13.6 Å². The number of carbonyl (C=O) groups is 1. The van der Waals surface area contributed by atoms with Crippen molar-refractivity contribution in [2.45, 2.75) is 24.3 Å². The summed E-state index contributed by atoms with van der Waals surface area (Å²) < 4.78 is 27.0. The predicted octanol–water partition coefficient (Wildman–Crippen LogP) is 2.76. The van der Waals surface area contributed by atoms with Gasteiger partial charge in [-0.15, -0.1) is 0 Å². The number of aromatic nitrogens is 2. The number of nitrogens with zero attached hydrogens (tertiary/aromatic N) is 2. The molecule has 22 heavy (non-hydrogen) atoms. The zero-order chi connectivity index (χ0) is 16.3. The SMILES string of the molecule is Cc1cc(N)nc(S[C@@H](C)C(=O)Nc2c(F)cccc2F)n1. The molecule has 0 aliphatic carbocycles. The fourth-order valence-corrected chi connectivity index (χ4v) is 2.51. The molecule has 2 rings (SSSR count). The van der Waals surface area contributed by atoms with Gasteiger partial charge in [-0.2, -0.15) is 0 Å². The summed E-state index contributed by atoms with van der Waals surface area (Å²) in [6.45, 7) is 3.34. The Labute approximate surface area is 130 Å². The number of thioether (sulfide) groups is 1. The molecule has 0 aliphatic heterocycles. The minimum atomic E-state index is -0.832. The second-order valence-corrected chi connectivity index (χ2v) is 5.87. The minimum absolute atomic E-state index is 0.294. The number of nitrogens with one attached hydrogen (secondary N) is 1. The topological polar surface area (TPSA) is 80.9 Å².